The van der Waals surface area contributed by atoms with E-state index in [1.807, 2.05) is 0 Å². The fourth-order valence-electron chi connectivity index (χ4n) is 1.34. The zero-order valence-electron chi connectivity index (χ0n) is 7.28. The maximum absolute atomic E-state index is 13.2. The van der Waals surface area contributed by atoms with Gasteiger partial charge < -0.3 is 4.42 Å². The van der Waals surface area contributed by atoms with Gasteiger partial charge in [-0.25, -0.2) is 4.39 Å². The van der Waals surface area contributed by atoms with Crippen molar-refractivity contribution >= 4 is 16.7 Å². The molecule has 14 heavy (non-hydrogen) atoms. The lowest BCUT2D eigenvalue weighted by molar-refractivity contribution is -0.383. The number of halogens is 1. The van der Waals surface area contributed by atoms with Crippen LogP contribution in [0.3, 0.4) is 0 Å². The lowest BCUT2D eigenvalue weighted by Crippen LogP contribution is -1.88. The van der Waals surface area contributed by atoms with E-state index in [9.17, 15) is 14.5 Å². The van der Waals surface area contributed by atoms with Crippen molar-refractivity contribution in [2.75, 3.05) is 0 Å². The molecule has 0 spiro atoms. The van der Waals surface area contributed by atoms with Gasteiger partial charge in [-0.3, -0.25) is 10.1 Å². The van der Waals surface area contributed by atoms with E-state index >= 15 is 0 Å². The number of fused-ring (bicyclic) bond motifs is 1. The summed E-state index contributed by atoms with van der Waals surface area (Å²) in [5, 5.41) is 10.7. The predicted octanol–water partition coefficient (Wildman–Crippen LogP) is 2.79. The number of aryl methyl sites for hydroxylation is 1. The highest BCUT2D eigenvalue weighted by molar-refractivity contribution is 5.86. The van der Waals surface area contributed by atoms with Gasteiger partial charge in [0.1, 0.15) is 11.6 Å². The molecule has 0 saturated carbocycles. The van der Waals surface area contributed by atoms with E-state index in [-0.39, 0.29) is 16.7 Å². The van der Waals surface area contributed by atoms with Crippen molar-refractivity contribution in [3.8, 4) is 0 Å². The second-order valence-electron chi connectivity index (χ2n) is 2.92. The van der Waals surface area contributed by atoms with Crippen molar-refractivity contribution in [3.63, 3.8) is 0 Å². The summed E-state index contributed by atoms with van der Waals surface area (Å²) in [5.41, 5.74) is -0.220. The molecule has 1 heterocycles. The number of non-ortho nitro benzene ring substituents is 1. The number of nitro groups is 1. The monoisotopic (exact) mass is 195 g/mol. The molecule has 5 heteroatoms. The highest BCUT2D eigenvalue weighted by Crippen LogP contribution is 2.30. The minimum Gasteiger partial charge on any atom is -0.454 e. The molecule has 0 fully saturated rings. The third-order valence-electron chi connectivity index (χ3n) is 1.93. The van der Waals surface area contributed by atoms with Crippen molar-refractivity contribution in [1.82, 2.24) is 0 Å². The lowest BCUT2D eigenvalue weighted by Gasteiger charge is -1.93. The van der Waals surface area contributed by atoms with Gasteiger partial charge in [0.25, 0.3) is 0 Å². The molecule has 1 aromatic heterocycles. The highest BCUT2D eigenvalue weighted by atomic mass is 19.1. The van der Waals surface area contributed by atoms with Gasteiger partial charge >= 0.3 is 5.69 Å². The standard InChI is InChI=1S/C9H6FNO3/c1-5-4-6-7(10)2-3-8(11(12)13)9(6)14-5/h2-4H,1H3. The molecule has 0 bridgehead atoms. The zero-order chi connectivity index (χ0) is 10.3. The Morgan fingerprint density at radius 1 is 1.50 bits per heavy atom. The van der Waals surface area contributed by atoms with E-state index in [0.29, 0.717) is 5.76 Å². The molecule has 0 unspecified atom stereocenters. The maximum atomic E-state index is 13.2. The van der Waals surface area contributed by atoms with Crippen molar-refractivity contribution in [2.45, 2.75) is 6.92 Å². The molecular weight excluding hydrogens is 189 g/mol. The highest BCUT2D eigenvalue weighted by Gasteiger charge is 2.18. The van der Waals surface area contributed by atoms with Gasteiger partial charge in [-0.1, -0.05) is 0 Å². The van der Waals surface area contributed by atoms with Crippen LogP contribution < -0.4 is 0 Å². The van der Waals surface area contributed by atoms with Crippen LogP contribution in [0.25, 0.3) is 11.0 Å². The van der Waals surface area contributed by atoms with Crippen LogP contribution in [0.2, 0.25) is 0 Å². The molecule has 0 saturated heterocycles. The molecule has 72 valence electrons. The maximum Gasteiger partial charge on any atom is 0.312 e. The molecule has 2 aromatic rings. The summed E-state index contributed by atoms with van der Waals surface area (Å²) in [7, 11) is 0. The fourth-order valence-corrected chi connectivity index (χ4v) is 1.34. The Morgan fingerprint density at radius 3 is 2.86 bits per heavy atom. The second-order valence-corrected chi connectivity index (χ2v) is 2.92. The number of nitrogens with zero attached hydrogens (tertiary/aromatic N) is 1. The normalized spacial score (nSPS) is 10.7. The van der Waals surface area contributed by atoms with Crippen LogP contribution >= 0.6 is 0 Å². The fraction of sp³-hybridized carbons (Fsp3) is 0.111. The number of rotatable bonds is 1. The third kappa shape index (κ3) is 1.14. The molecule has 0 N–H and O–H groups in total. The van der Waals surface area contributed by atoms with Gasteiger partial charge in [0, 0.05) is 6.07 Å². The SMILES string of the molecule is Cc1cc2c(F)ccc([N+](=O)[O-])c2o1. The van der Waals surface area contributed by atoms with Gasteiger partial charge in [0.15, 0.2) is 0 Å². The van der Waals surface area contributed by atoms with E-state index in [4.69, 9.17) is 4.42 Å². The summed E-state index contributed by atoms with van der Waals surface area (Å²) >= 11 is 0. The average molecular weight is 195 g/mol. The van der Waals surface area contributed by atoms with Crippen LogP contribution in [-0.4, -0.2) is 4.92 Å². The molecule has 0 aliphatic rings. The molecule has 2 rings (SSSR count). The largest absolute Gasteiger partial charge is 0.454 e. The summed E-state index contributed by atoms with van der Waals surface area (Å²) in [6, 6.07) is 3.60. The van der Waals surface area contributed by atoms with Crippen LogP contribution in [0.5, 0.6) is 0 Å². The third-order valence-corrected chi connectivity index (χ3v) is 1.93. The summed E-state index contributed by atoms with van der Waals surface area (Å²) in [4.78, 5) is 9.97. The van der Waals surface area contributed by atoms with Crippen molar-refractivity contribution in [2.24, 2.45) is 0 Å². The molecular formula is C9H6FNO3. The van der Waals surface area contributed by atoms with Crippen LogP contribution in [-0.2, 0) is 0 Å². The Labute approximate surface area is 78.1 Å². The van der Waals surface area contributed by atoms with E-state index in [1.54, 1.807) is 6.92 Å². The molecule has 0 amide bonds. The summed E-state index contributed by atoms with van der Waals surface area (Å²) in [6.45, 7) is 1.61. The Balaban J connectivity index is 2.87. The van der Waals surface area contributed by atoms with Crippen molar-refractivity contribution in [1.29, 1.82) is 0 Å². The quantitative estimate of drug-likeness (QED) is 0.519. The molecule has 1 aromatic carbocycles. The number of hydrogen-bond donors (Lipinski definition) is 0. The average Bonchev–Trinajstić information content (AvgIpc) is 2.47. The van der Waals surface area contributed by atoms with Crippen LogP contribution in [0.4, 0.5) is 10.1 Å². The summed E-state index contributed by atoms with van der Waals surface area (Å²) in [5.74, 6) is -0.0596. The second kappa shape index (κ2) is 2.80. The van der Waals surface area contributed by atoms with E-state index < -0.39 is 10.7 Å². The first-order valence-corrected chi connectivity index (χ1v) is 3.92. The minimum atomic E-state index is -0.593. The topological polar surface area (TPSA) is 56.3 Å². The minimum absolute atomic E-state index is 0.00694. The van der Waals surface area contributed by atoms with Gasteiger partial charge in [-0.2, -0.15) is 0 Å². The lowest BCUT2D eigenvalue weighted by atomic mass is 10.2. The van der Waals surface area contributed by atoms with Crippen molar-refractivity contribution in [3.05, 3.63) is 39.9 Å². The summed E-state index contributed by atoms with van der Waals surface area (Å²) in [6.07, 6.45) is 0. The molecule has 0 aliphatic heterocycles. The Morgan fingerprint density at radius 2 is 2.21 bits per heavy atom. The Bertz CT molecular complexity index is 518. The predicted molar refractivity (Wildman–Crippen MR) is 47.6 cm³/mol. The van der Waals surface area contributed by atoms with Crippen LogP contribution in [0, 0.1) is 22.9 Å². The number of furan rings is 1. The number of hydrogen-bond acceptors (Lipinski definition) is 3. The molecule has 4 nitrogen and oxygen atoms in total. The molecule has 0 radical (unpaired) electrons. The van der Waals surface area contributed by atoms with E-state index in [1.165, 1.54) is 6.07 Å². The summed E-state index contributed by atoms with van der Waals surface area (Å²) < 4.78 is 18.2. The smallest absolute Gasteiger partial charge is 0.312 e. The van der Waals surface area contributed by atoms with Gasteiger partial charge in [-0.15, -0.1) is 0 Å². The first-order chi connectivity index (χ1) is 6.59. The van der Waals surface area contributed by atoms with Gasteiger partial charge in [0.05, 0.1) is 10.3 Å². The Hall–Kier alpha value is -1.91. The van der Waals surface area contributed by atoms with E-state index in [0.717, 1.165) is 12.1 Å². The number of benzene rings is 1. The van der Waals surface area contributed by atoms with Crippen LogP contribution in [0.15, 0.2) is 22.6 Å². The first kappa shape index (κ1) is 8.68. The molecule has 0 aliphatic carbocycles. The van der Waals surface area contributed by atoms with Crippen LogP contribution in [0.1, 0.15) is 5.76 Å². The number of nitro benzene ring substituents is 1. The van der Waals surface area contributed by atoms with Crippen molar-refractivity contribution < 1.29 is 13.7 Å². The Kier molecular flexibility index (Phi) is 1.73. The first-order valence-electron chi connectivity index (χ1n) is 3.92. The van der Waals surface area contributed by atoms with Gasteiger partial charge in [-0.05, 0) is 19.1 Å². The van der Waals surface area contributed by atoms with E-state index in [2.05, 4.69) is 0 Å². The zero-order valence-corrected chi connectivity index (χ0v) is 7.28. The molecule has 0 atom stereocenters. The van der Waals surface area contributed by atoms with Gasteiger partial charge in [0.2, 0.25) is 5.58 Å².